The summed E-state index contributed by atoms with van der Waals surface area (Å²) in [6.07, 6.45) is 7.23. The van der Waals surface area contributed by atoms with Crippen molar-refractivity contribution in [1.29, 1.82) is 0 Å². The average Bonchev–Trinajstić information content (AvgIpc) is 3.41. The SMILES string of the molecule is O=C1C(CCc2ccccc2)NCN1C(C1CC1)C1CC1. The Balaban J connectivity index is 1.36. The third kappa shape index (κ3) is 2.84. The molecule has 1 saturated heterocycles. The van der Waals surface area contributed by atoms with E-state index in [1.807, 2.05) is 6.07 Å². The first-order chi connectivity index (χ1) is 10.3. The fraction of sp³-hybridized carbons (Fsp3) is 0.611. The zero-order chi connectivity index (χ0) is 14.2. The summed E-state index contributed by atoms with van der Waals surface area (Å²) in [7, 11) is 0. The normalized spacial score (nSPS) is 25.9. The van der Waals surface area contributed by atoms with Crippen molar-refractivity contribution in [3.63, 3.8) is 0 Å². The molecule has 21 heavy (non-hydrogen) atoms. The number of amides is 1. The Morgan fingerprint density at radius 2 is 1.76 bits per heavy atom. The molecule has 1 amide bonds. The number of carbonyl (C=O) groups is 1. The largest absolute Gasteiger partial charge is 0.325 e. The minimum Gasteiger partial charge on any atom is -0.325 e. The van der Waals surface area contributed by atoms with Gasteiger partial charge in [0.2, 0.25) is 5.91 Å². The molecule has 0 aromatic heterocycles. The van der Waals surface area contributed by atoms with E-state index >= 15 is 0 Å². The first kappa shape index (κ1) is 13.3. The summed E-state index contributed by atoms with van der Waals surface area (Å²) in [5, 5.41) is 3.45. The van der Waals surface area contributed by atoms with Crippen LogP contribution in [0.2, 0.25) is 0 Å². The van der Waals surface area contributed by atoms with Gasteiger partial charge in [0.05, 0.1) is 12.7 Å². The second-order valence-corrected chi connectivity index (χ2v) is 6.91. The van der Waals surface area contributed by atoms with E-state index < -0.39 is 0 Å². The van der Waals surface area contributed by atoms with Crippen molar-refractivity contribution in [3.8, 4) is 0 Å². The highest BCUT2D eigenvalue weighted by molar-refractivity contribution is 5.84. The van der Waals surface area contributed by atoms with Crippen molar-refractivity contribution in [1.82, 2.24) is 10.2 Å². The molecule has 112 valence electrons. The summed E-state index contributed by atoms with van der Waals surface area (Å²) in [5.41, 5.74) is 1.33. The molecule has 3 nitrogen and oxygen atoms in total. The maximum Gasteiger partial charge on any atom is 0.241 e. The lowest BCUT2D eigenvalue weighted by atomic mass is 10.0. The summed E-state index contributed by atoms with van der Waals surface area (Å²) in [6.45, 7) is 0.774. The second-order valence-electron chi connectivity index (χ2n) is 6.91. The maximum absolute atomic E-state index is 12.7. The van der Waals surface area contributed by atoms with Gasteiger partial charge < -0.3 is 4.90 Å². The van der Waals surface area contributed by atoms with E-state index in [2.05, 4.69) is 34.5 Å². The number of hydrogen-bond donors (Lipinski definition) is 1. The standard InChI is InChI=1S/C18H24N2O/c21-18-16(11-6-13-4-2-1-3-5-13)19-12-20(18)17(14-7-8-14)15-9-10-15/h1-5,14-17,19H,6-12H2. The van der Waals surface area contributed by atoms with E-state index in [4.69, 9.17) is 0 Å². The molecule has 1 atom stereocenters. The van der Waals surface area contributed by atoms with Crippen LogP contribution in [-0.2, 0) is 11.2 Å². The number of rotatable bonds is 6. The molecule has 3 heteroatoms. The van der Waals surface area contributed by atoms with Gasteiger partial charge in [0.25, 0.3) is 0 Å². The molecule has 1 N–H and O–H groups in total. The second kappa shape index (κ2) is 5.45. The van der Waals surface area contributed by atoms with Crippen molar-refractivity contribution in [2.45, 2.75) is 50.6 Å². The van der Waals surface area contributed by atoms with E-state index in [0.717, 1.165) is 31.3 Å². The minimum atomic E-state index is 0.0326. The summed E-state index contributed by atoms with van der Waals surface area (Å²) in [6, 6.07) is 11.1. The lowest BCUT2D eigenvalue weighted by molar-refractivity contribution is -0.131. The molecule has 1 heterocycles. The van der Waals surface area contributed by atoms with Crippen LogP contribution < -0.4 is 5.32 Å². The molecule has 0 bridgehead atoms. The average molecular weight is 284 g/mol. The fourth-order valence-electron chi connectivity index (χ4n) is 3.78. The third-order valence-corrected chi connectivity index (χ3v) is 5.22. The molecule has 0 radical (unpaired) electrons. The zero-order valence-corrected chi connectivity index (χ0v) is 12.5. The minimum absolute atomic E-state index is 0.0326. The highest BCUT2D eigenvalue weighted by Gasteiger charge is 2.48. The van der Waals surface area contributed by atoms with Crippen molar-refractivity contribution < 1.29 is 4.79 Å². The van der Waals surface area contributed by atoms with Gasteiger partial charge in [-0.25, -0.2) is 0 Å². The van der Waals surface area contributed by atoms with Gasteiger partial charge in [-0.3, -0.25) is 10.1 Å². The molecule has 0 spiro atoms. The van der Waals surface area contributed by atoms with Gasteiger partial charge >= 0.3 is 0 Å². The Labute approximate surface area is 126 Å². The lowest BCUT2D eigenvalue weighted by Gasteiger charge is -2.27. The van der Waals surface area contributed by atoms with Gasteiger partial charge in [0, 0.05) is 6.04 Å². The molecule has 1 aromatic carbocycles. The summed E-state index contributed by atoms with van der Waals surface area (Å²) in [5.74, 6) is 1.96. The summed E-state index contributed by atoms with van der Waals surface area (Å²) in [4.78, 5) is 14.9. The summed E-state index contributed by atoms with van der Waals surface area (Å²) < 4.78 is 0. The van der Waals surface area contributed by atoms with Gasteiger partial charge in [-0.05, 0) is 55.9 Å². The van der Waals surface area contributed by atoms with Crippen LogP contribution in [0.4, 0.5) is 0 Å². The van der Waals surface area contributed by atoms with Crippen LogP contribution >= 0.6 is 0 Å². The van der Waals surface area contributed by atoms with Crippen LogP contribution in [0, 0.1) is 11.8 Å². The fourth-order valence-corrected chi connectivity index (χ4v) is 3.78. The van der Waals surface area contributed by atoms with Crippen molar-refractivity contribution in [2.24, 2.45) is 11.8 Å². The van der Waals surface area contributed by atoms with E-state index in [-0.39, 0.29) is 6.04 Å². The Morgan fingerprint density at radius 3 is 2.38 bits per heavy atom. The lowest BCUT2D eigenvalue weighted by Crippen LogP contribution is -2.41. The smallest absolute Gasteiger partial charge is 0.241 e. The zero-order valence-electron chi connectivity index (χ0n) is 12.5. The number of aryl methyl sites for hydroxylation is 1. The van der Waals surface area contributed by atoms with E-state index in [0.29, 0.717) is 11.9 Å². The Kier molecular flexibility index (Phi) is 3.46. The van der Waals surface area contributed by atoms with E-state index in [1.165, 1.54) is 31.2 Å². The van der Waals surface area contributed by atoms with Crippen LogP contribution in [-0.4, -0.2) is 29.6 Å². The topological polar surface area (TPSA) is 32.3 Å². The molecule has 1 unspecified atom stereocenters. The highest BCUT2D eigenvalue weighted by Crippen LogP contribution is 2.47. The van der Waals surface area contributed by atoms with Crippen molar-refractivity contribution >= 4 is 5.91 Å². The number of benzene rings is 1. The predicted molar refractivity (Wildman–Crippen MR) is 82.6 cm³/mol. The molecular weight excluding hydrogens is 260 g/mol. The maximum atomic E-state index is 12.7. The van der Waals surface area contributed by atoms with Crippen LogP contribution in [0.25, 0.3) is 0 Å². The van der Waals surface area contributed by atoms with Crippen molar-refractivity contribution in [2.75, 3.05) is 6.67 Å². The molecule has 1 aromatic rings. The highest BCUT2D eigenvalue weighted by atomic mass is 16.2. The Bertz CT molecular complexity index is 495. The van der Waals surface area contributed by atoms with E-state index in [1.54, 1.807) is 0 Å². The molecule has 1 aliphatic heterocycles. The van der Waals surface area contributed by atoms with Crippen LogP contribution in [0.5, 0.6) is 0 Å². The predicted octanol–water partition coefficient (Wildman–Crippen LogP) is 2.57. The molecule has 2 saturated carbocycles. The third-order valence-electron chi connectivity index (χ3n) is 5.22. The molecule has 3 fully saturated rings. The Hall–Kier alpha value is -1.35. The molecule has 2 aliphatic carbocycles. The molecule has 3 aliphatic rings. The molecule has 4 rings (SSSR count). The van der Waals surface area contributed by atoms with Gasteiger partial charge in [-0.15, -0.1) is 0 Å². The van der Waals surface area contributed by atoms with Crippen LogP contribution in [0.1, 0.15) is 37.7 Å². The van der Waals surface area contributed by atoms with Gasteiger partial charge in [-0.2, -0.15) is 0 Å². The monoisotopic (exact) mass is 284 g/mol. The number of carbonyl (C=O) groups excluding carboxylic acids is 1. The van der Waals surface area contributed by atoms with Crippen molar-refractivity contribution in [3.05, 3.63) is 35.9 Å². The quantitative estimate of drug-likeness (QED) is 0.871. The Morgan fingerprint density at radius 1 is 1.10 bits per heavy atom. The van der Waals surface area contributed by atoms with Gasteiger partial charge in [0.1, 0.15) is 0 Å². The molecular formula is C18H24N2O. The van der Waals surface area contributed by atoms with Crippen LogP contribution in [0.15, 0.2) is 30.3 Å². The van der Waals surface area contributed by atoms with Gasteiger partial charge in [0.15, 0.2) is 0 Å². The first-order valence-corrected chi connectivity index (χ1v) is 8.41. The van der Waals surface area contributed by atoms with E-state index in [9.17, 15) is 4.79 Å². The number of nitrogens with one attached hydrogen (secondary N) is 1. The number of hydrogen-bond acceptors (Lipinski definition) is 2. The van der Waals surface area contributed by atoms with Crippen LogP contribution in [0.3, 0.4) is 0 Å². The van der Waals surface area contributed by atoms with Gasteiger partial charge in [-0.1, -0.05) is 30.3 Å². The summed E-state index contributed by atoms with van der Waals surface area (Å²) >= 11 is 0. The first-order valence-electron chi connectivity index (χ1n) is 8.41. The number of nitrogens with zero attached hydrogens (tertiary/aromatic N) is 1.